The summed E-state index contributed by atoms with van der Waals surface area (Å²) in [6.07, 6.45) is -9.81. The Morgan fingerprint density at radius 2 is 0.927 bits per heavy atom. The highest BCUT2D eigenvalue weighted by Gasteiger charge is 2.37. The van der Waals surface area contributed by atoms with Crippen LogP contribution < -0.4 is 0 Å². The first-order valence-electron chi connectivity index (χ1n) is 12.5. The minimum absolute atomic E-state index is 0.128. The fourth-order valence-electron chi connectivity index (χ4n) is 4.66. The van der Waals surface area contributed by atoms with Crippen LogP contribution in [0.15, 0.2) is 120 Å². The molecule has 0 atom stereocenters. The maximum Gasteiger partial charge on any atom is 0.416 e. The van der Waals surface area contributed by atoms with Crippen LogP contribution in [0.25, 0.3) is 55.9 Å². The number of aromatic nitrogens is 1. The van der Waals surface area contributed by atoms with Crippen LogP contribution in [0.1, 0.15) is 11.1 Å². The predicted molar refractivity (Wildman–Crippen MR) is 146 cm³/mol. The number of hydrogen-bond donors (Lipinski definition) is 0. The molecule has 204 valence electrons. The Kier molecular flexibility index (Phi) is 6.41. The van der Waals surface area contributed by atoms with Crippen LogP contribution in [0.2, 0.25) is 0 Å². The molecule has 0 unspecified atom stereocenters. The van der Waals surface area contributed by atoms with Gasteiger partial charge in [0.15, 0.2) is 5.58 Å². The van der Waals surface area contributed by atoms with Crippen molar-refractivity contribution < 1.29 is 30.8 Å². The first kappa shape index (κ1) is 26.4. The summed E-state index contributed by atoms with van der Waals surface area (Å²) < 4.78 is 85.6. The number of nitrogens with zero attached hydrogens (tertiary/aromatic N) is 1. The minimum Gasteiger partial charge on any atom is -0.436 e. The maximum absolute atomic E-state index is 13.3. The number of halogens is 6. The van der Waals surface area contributed by atoms with Gasteiger partial charge in [-0.15, -0.1) is 0 Å². The number of benzene rings is 5. The van der Waals surface area contributed by atoms with Gasteiger partial charge in [0.05, 0.1) is 11.1 Å². The molecule has 1 aromatic heterocycles. The number of alkyl halides is 6. The minimum atomic E-state index is -4.91. The third-order valence-electron chi connectivity index (χ3n) is 6.76. The quantitative estimate of drug-likeness (QED) is 0.201. The Morgan fingerprint density at radius 3 is 1.44 bits per heavy atom. The topological polar surface area (TPSA) is 26.0 Å². The zero-order valence-electron chi connectivity index (χ0n) is 21.1. The Labute approximate surface area is 230 Å². The van der Waals surface area contributed by atoms with Crippen molar-refractivity contribution in [2.45, 2.75) is 12.4 Å². The van der Waals surface area contributed by atoms with Crippen LogP contribution in [0.4, 0.5) is 26.3 Å². The van der Waals surface area contributed by atoms with Gasteiger partial charge in [0, 0.05) is 5.56 Å². The lowest BCUT2D eigenvalue weighted by Crippen LogP contribution is -2.11. The molecule has 0 radical (unpaired) electrons. The van der Waals surface area contributed by atoms with E-state index in [2.05, 4.69) is 4.98 Å². The van der Waals surface area contributed by atoms with Crippen molar-refractivity contribution >= 4 is 11.1 Å². The molecule has 0 amide bonds. The van der Waals surface area contributed by atoms with Crippen molar-refractivity contribution in [2.75, 3.05) is 0 Å². The third kappa shape index (κ3) is 5.45. The Morgan fingerprint density at radius 1 is 0.439 bits per heavy atom. The van der Waals surface area contributed by atoms with Crippen molar-refractivity contribution in [1.82, 2.24) is 4.98 Å². The second-order valence-electron chi connectivity index (χ2n) is 9.52. The summed E-state index contributed by atoms with van der Waals surface area (Å²) >= 11 is 0. The Balaban J connectivity index is 1.27. The lowest BCUT2D eigenvalue weighted by atomic mass is 9.95. The monoisotopic (exact) mass is 559 g/mol. The molecule has 0 aliphatic rings. The highest BCUT2D eigenvalue weighted by molar-refractivity contribution is 5.78. The largest absolute Gasteiger partial charge is 0.436 e. The normalized spacial score (nSPS) is 12.1. The van der Waals surface area contributed by atoms with Gasteiger partial charge in [0.25, 0.3) is 0 Å². The summed E-state index contributed by atoms with van der Waals surface area (Å²) in [7, 11) is 0. The summed E-state index contributed by atoms with van der Waals surface area (Å²) in [5.74, 6) is 0.523. The number of hydrogen-bond acceptors (Lipinski definition) is 2. The van der Waals surface area contributed by atoms with Crippen LogP contribution in [-0.4, -0.2) is 4.98 Å². The van der Waals surface area contributed by atoms with Crippen molar-refractivity contribution in [2.24, 2.45) is 0 Å². The van der Waals surface area contributed by atoms with E-state index in [1.165, 1.54) is 12.1 Å². The van der Waals surface area contributed by atoms with E-state index in [4.69, 9.17) is 4.42 Å². The molecular formula is C33H19F6NO. The Hall–Kier alpha value is -4.85. The molecule has 5 aromatic carbocycles. The van der Waals surface area contributed by atoms with E-state index >= 15 is 0 Å². The van der Waals surface area contributed by atoms with Gasteiger partial charge in [-0.3, -0.25) is 0 Å². The van der Waals surface area contributed by atoms with Gasteiger partial charge in [-0.25, -0.2) is 4.98 Å². The molecule has 41 heavy (non-hydrogen) atoms. The summed E-state index contributed by atoms with van der Waals surface area (Å²) in [6.45, 7) is 0. The fraction of sp³-hybridized carbons (Fsp3) is 0.0606. The van der Waals surface area contributed by atoms with E-state index in [9.17, 15) is 26.3 Å². The second-order valence-corrected chi connectivity index (χ2v) is 9.52. The molecule has 0 saturated carbocycles. The van der Waals surface area contributed by atoms with E-state index in [1.54, 1.807) is 12.1 Å². The predicted octanol–water partition coefficient (Wildman–Crippen LogP) is 10.5. The van der Waals surface area contributed by atoms with E-state index < -0.39 is 23.5 Å². The molecule has 0 fully saturated rings. The molecule has 0 spiro atoms. The van der Waals surface area contributed by atoms with Gasteiger partial charge in [-0.2, -0.15) is 26.3 Å². The van der Waals surface area contributed by atoms with E-state index in [-0.39, 0.29) is 17.2 Å². The van der Waals surface area contributed by atoms with E-state index in [0.29, 0.717) is 11.5 Å². The van der Waals surface area contributed by atoms with Gasteiger partial charge in [-0.05, 0) is 81.9 Å². The molecule has 2 nitrogen and oxygen atoms in total. The van der Waals surface area contributed by atoms with Gasteiger partial charge < -0.3 is 4.42 Å². The first-order valence-corrected chi connectivity index (χ1v) is 12.5. The van der Waals surface area contributed by atoms with Gasteiger partial charge in [0.1, 0.15) is 5.52 Å². The standard InChI is InChI=1S/C33H19F6NO/c34-32(35,36)27-17-26(18-28(19-27)33(37,38)39)22-10-8-20(9-11-22)24-4-3-5-25(16-24)21-12-14-23(15-13-21)31-40-29-6-1-2-7-30(29)41-31/h1-19H. The molecule has 6 rings (SSSR count). The highest BCUT2D eigenvalue weighted by atomic mass is 19.4. The van der Waals surface area contributed by atoms with Crippen LogP contribution in [0.3, 0.4) is 0 Å². The highest BCUT2D eigenvalue weighted by Crippen LogP contribution is 2.39. The molecule has 0 aliphatic heterocycles. The lowest BCUT2D eigenvalue weighted by molar-refractivity contribution is -0.143. The maximum atomic E-state index is 13.3. The number of para-hydroxylation sites is 2. The number of rotatable bonds is 4. The molecule has 0 saturated heterocycles. The average molecular weight is 560 g/mol. The second kappa shape index (κ2) is 9.96. The van der Waals surface area contributed by atoms with Crippen LogP contribution in [0.5, 0.6) is 0 Å². The van der Waals surface area contributed by atoms with Crippen molar-refractivity contribution in [3.63, 3.8) is 0 Å². The van der Waals surface area contributed by atoms with Gasteiger partial charge in [-0.1, -0.05) is 66.7 Å². The third-order valence-corrected chi connectivity index (χ3v) is 6.76. The van der Waals surface area contributed by atoms with E-state index in [0.717, 1.165) is 45.5 Å². The summed E-state index contributed by atoms with van der Waals surface area (Å²) in [4.78, 5) is 4.52. The van der Waals surface area contributed by atoms with Crippen LogP contribution in [0, 0.1) is 0 Å². The van der Waals surface area contributed by atoms with Crippen molar-refractivity contribution in [3.05, 3.63) is 126 Å². The Bertz CT molecular complexity index is 1780. The molecule has 6 aromatic rings. The van der Waals surface area contributed by atoms with Gasteiger partial charge >= 0.3 is 12.4 Å². The first-order chi connectivity index (χ1) is 19.5. The summed E-state index contributed by atoms with van der Waals surface area (Å²) in [5.41, 5.74) is 3.21. The molecule has 0 N–H and O–H groups in total. The number of fused-ring (bicyclic) bond motifs is 1. The van der Waals surface area contributed by atoms with Gasteiger partial charge in [0.2, 0.25) is 5.89 Å². The molecular weight excluding hydrogens is 540 g/mol. The smallest absolute Gasteiger partial charge is 0.416 e. The zero-order valence-corrected chi connectivity index (χ0v) is 21.1. The fourth-order valence-corrected chi connectivity index (χ4v) is 4.66. The van der Waals surface area contributed by atoms with Crippen molar-refractivity contribution in [1.29, 1.82) is 0 Å². The van der Waals surface area contributed by atoms with Crippen LogP contribution >= 0.6 is 0 Å². The average Bonchev–Trinajstić information content (AvgIpc) is 3.41. The molecule has 8 heteroatoms. The summed E-state index contributed by atoms with van der Waals surface area (Å²) in [6, 6.07) is 31.0. The SMILES string of the molecule is FC(F)(F)c1cc(-c2ccc(-c3cccc(-c4ccc(-c5nc6ccccc6o5)cc4)c3)cc2)cc(C(F)(F)F)c1. The van der Waals surface area contributed by atoms with Crippen LogP contribution in [-0.2, 0) is 12.4 Å². The number of oxazole rings is 1. The van der Waals surface area contributed by atoms with Crippen molar-refractivity contribution in [3.8, 4) is 44.8 Å². The zero-order chi connectivity index (χ0) is 28.8. The molecule has 1 heterocycles. The molecule has 0 bridgehead atoms. The lowest BCUT2D eigenvalue weighted by Gasteiger charge is -2.14. The summed E-state index contributed by atoms with van der Waals surface area (Å²) in [5, 5.41) is 0. The molecule has 0 aliphatic carbocycles. The van der Waals surface area contributed by atoms with E-state index in [1.807, 2.05) is 72.8 Å².